The monoisotopic (exact) mass is 219 g/mol. The number of aromatic amines is 2. The Kier molecular flexibility index (Phi) is 1.63. The second-order valence-corrected chi connectivity index (χ2v) is 3.71. The molecule has 0 amide bonds. The minimum Gasteiger partial charge on any atom is -0.352 e. The second kappa shape index (κ2) is 2.87. The van der Waals surface area contributed by atoms with Crippen LogP contribution < -0.4 is 0 Å². The largest absolute Gasteiger partial charge is 0.352 e. The standard InChI is InChI=1S/C10H6FN3S/c11-5-1-2-8-6(3-5)7-4-12-14-10(15)9(7)13-8/h1-4,13H,(H,14,15). The molecule has 0 unspecified atom stereocenters. The molecule has 0 radical (unpaired) electrons. The van der Waals surface area contributed by atoms with E-state index in [4.69, 9.17) is 12.2 Å². The normalized spacial score (nSPS) is 11.3. The van der Waals surface area contributed by atoms with Crippen LogP contribution in [0.5, 0.6) is 0 Å². The zero-order valence-corrected chi connectivity index (χ0v) is 8.36. The third kappa shape index (κ3) is 1.16. The fraction of sp³-hybridized carbons (Fsp3) is 0. The Hall–Kier alpha value is -1.75. The molecule has 2 aromatic heterocycles. The summed E-state index contributed by atoms with van der Waals surface area (Å²) in [6.45, 7) is 0. The predicted octanol–water partition coefficient (Wildman–Crippen LogP) is 2.91. The summed E-state index contributed by atoms with van der Waals surface area (Å²) in [6, 6.07) is 4.59. The van der Waals surface area contributed by atoms with Crippen LogP contribution in [0, 0.1) is 10.5 Å². The van der Waals surface area contributed by atoms with E-state index in [2.05, 4.69) is 15.2 Å². The molecule has 0 aliphatic heterocycles. The lowest BCUT2D eigenvalue weighted by Crippen LogP contribution is -1.80. The minimum atomic E-state index is -0.262. The molecule has 0 aliphatic rings. The quantitative estimate of drug-likeness (QED) is 0.571. The van der Waals surface area contributed by atoms with Gasteiger partial charge in [-0.05, 0) is 18.2 Å². The zero-order chi connectivity index (χ0) is 10.4. The molecule has 1 aromatic carbocycles. The van der Waals surface area contributed by atoms with E-state index < -0.39 is 0 Å². The molecule has 0 fully saturated rings. The topological polar surface area (TPSA) is 44.5 Å². The summed E-state index contributed by atoms with van der Waals surface area (Å²) >= 11 is 5.08. The number of hydrogen-bond acceptors (Lipinski definition) is 2. The average Bonchev–Trinajstić information content (AvgIpc) is 2.58. The molecule has 3 aromatic rings. The molecule has 0 bridgehead atoms. The minimum absolute atomic E-state index is 0.262. The fourth-order valence-corrected chi connectivity index (χ4v) is 1.92. The molecule has 5 heteroatoms. The first-order chi connectivity index (χ1) is 7.25. The molecule has 0 aliphatic carbocycles. The van der Waals surface area contributed by atoms with Gasteiger partial charge in [-0.15, -0.1) is 0 Å². The zero-order valence-electron chi connectivity index (χ0n) is 7.54. The Morgan fingerprint density at radius 2 is 2.13 bits per heavy atom. The highest BCUT2D eigenvalue weighted by molar-refractivity contribution is 7.71. The van der Waals surface area contributed by atoms with Gasteiger partial charge in [0.15, 0.2) is 0 Å². The SMILES string of the molecule is Fc1ccc2[nH]c3c(=S)[nH]ncc3c2c1. The van der Waals surface area contributed by atoms with Crippen molar-refractivity contribution >= 4 is 34.0 Å². The van der Waals surface area contributed by atoms with Gasteiger partial charge in [-0.25, -0.2) is 4.39 Å². The van der Waals surface area contributed by atoms with Gasteiger partial charge in [-0.3, -0.25) is 5.10 Å². The summed E-state index contributed by atoms with van der Waals surface area (Å²) in [4.78, 5) is 3.13. The first-order valence-corrected chi connectivity index (χ1v) is 4.81. The van der Waals surface area contributed by atoms with E-state index in [0.29, 0.717) is 4.64 Å². The van der Waals surface area contributed by atoms with Crippen LogP contribution in [0.15, 0.2) is 24.4 Å². The van der Waals surface area contributed by atoms with Crippen LogP contribution in [-0.2, 0) is 0 Å². The van der Waals surface area contributed by atoms with Gasteiger partial charge in [-0.1, -0.05) is 12.2 Å². The van der Waals surface area contributed by atoms with Crippen molar-refractivity contribution in [2.75, 3.05) is 0 Å². The molecule has 3 rings (SSSR count). The lowest BCUT2D eigenvalue weighted by molar-refractivity contribution is 0.630. The Morgan fingerprint density at radius 1 is 1.27 bits per heavy atom. The summed E-state index contributed by atoms with van der Waals surface area (Å²) in [5.74, 6) is -0.262. The maximum Gasteiger partial charge on any atom is 0.144 e. The molecule has 2 heterocycles. The maximum absolute atomic E-state index is 13.1. The number of H-pyrrole nitrogens is 2. The molecular weight excluding hydrogens is 213 g/mol. The summed E-state index contributed by atoms with van der Waals surface area (Å²) in [7, 11) is 0. The van der Waals surface area contributed by atoms with Crippen molar-refractivity contribution in [2.45, 2.75) is 0 Å². The summed E-state index contributed by atoms with van der Waals surface area (Å²) in [6.07, 6.45) is 1.64. The summed E-state index contributed by atoms with van der Waals surface area (Å²) in [5.41, 5.74) is 1.65. The van der Waals surface area contributed by atoms with Crippen molar-refractivity contribution < 1.29 is 4.39 Å². The number of halogens is 1. The van der Waals surface area contributed by atoms with E-state index in [1.54, 1.807) is 12.3 Å². The number of aromatic nitrogens is 3. The van der Waals surface area contributed by atoms with Crippen LogP contribution in [0.4, 0.5) is 4.39 Å². The first-order valence-electron chi connectivity index (χ1n) is 4.40. The number of fused-ring (bicyclic) bond motifs is 3. The highest BCUT2D eigenvalue weighted by Crippen LogP contribution is 2.24. The van der Waals surface area contributed by atoms with Gasteiger partial charge in [0, 0.05) is 16.3 Å². The highest BCUT2D eigenvalue weighted by Gasteiger charge is 2.06. The number of nitrogens with one attached hydrogen (secondary N) is 2. The molecular formula is C10H6FN3S. The first kappa shape index (κ1) is 8.55. The van der Waals surface area contributed by atoms with Gasteiger partial charge in [-0.2, -0.15) is 5.10 Å². The molecule has 2 N–H and O–H groups in total. The fourth-order valence-electron chi connectivity index (χ4n) is 1.71. The molecule has 0 saturated heterocycles. The van der Waals surface area contributed by atoms with Gasteiger partial charge >= 0.3 is 0 Å². The van der Waals surface area contributed by atoms with Gasteiger partial charge < -0.3 is 4.98 Å². The Morgan fingerprint density at radius 3 is 3.00 bits per heavy atom. The Balaban J connectivity index is 2.64. The van der Waals surface area contributed by atoms with E-state index in [9.17, 15) is 4.39 Å². The van der Waals surface area contributed by atoms with Crippen LogP contribution in [0.1, 0.15) is 0 Å². The average molecular weight is 219 g/mol. The third-order valence-electron chi connectivity index (χ3n) is 2.39. The van der Waals surface area contributed by atoms with Crippen molar-refractivity contribution in [3.63, 3.8) is 0 Å². The molecule has 0 atom stereocenters. The molecule has 15 heavy (non-hydrogen) atoms. The lowest BCUT2D eigenvalue weighted by Gasteiger charge is -1.90. The van der Waals surface area contributed by atoms with Gasteiger partial charge in [0.2, 0.25) is 0 Å². The molecule has 3 nitrogen and oxygen atoms in total. The number of benzene rings is 1. The van der Waals surface area contributed by atoms with E-state index in [-0.39, 0.29) is 5.82 Å². The smallest absolute Gasteiger partial charge is 0.144 e. The van der Waals surface area contributed by atoms with E-state index in [1.807, 2.05) is 0 Å². The van der Waals surface area contributed by atoms with E-state index in [0.717, 1.165) is 21.8 Å². The molecule has 0 spiro atoms. The molecule has 0 saturated carbocycles. The van der Waals surface area contributed by atoms with Crippen molar-refractivity contribution in [3.05, 3.63) is 34.9 Å². The number of hydrogen-bond donors (Lipinski definition) is 2. The van der Waals surface area contributed by atoms with E-state index >= 15 is 0 Å². The van der Waals surface area contributed by atoms with Gasteiger partial charge in [0.1, 0.15) is 10.5 Å². The second-order valence-electron chi connectivity index (χ2n) is 3.30. The van der Waals surface area contributed by atoms with Crippen molar-refractivity contribution in [2.24, 2.45) is 0 Å². The number of nitrogens with zero attached hydrogens (tertiary/aromatic N) is 1. The van der Waals surface area contributed by atoms with E-state index in [1.165, 1.54) is 12.1 Å². The van der Waals surface area contributed by atoms with Crippen LogP contribution >= 0.6 is 12.2 Å². The van der Waals surface area contributed by atoms with Crippen molar-refractivity contribution in [3.8, 4) is 0 Å². The van der Waals surface area contributed by atoms with Gasteiger partial charge in [0.05, 0.1) is 11.7 Å². The Bertz CT molecular complexity index is 713. The van der Waals surface area contributed by atoms with Crippen LogP contribution in [0.3, 0.4) is 0 Å². The third-order valence-corrected chi connectivity index (χ3v) is 2.68. The summed E-state index contributed by atoms with van der Waals surface area (Å²) in [5, 5.41) is 8.23. The maximum atomic E-state index is 13.1. The lowest BCUT2D eigenvalue weighted by atomic mass is 10.2. The number of rotatable bonds is 0. The van der Waals surface area contributed by atoms with Crippen molar-refractivity contribution in [1.82, 2.24) is 15.2 Å². The highest BCUT2D eigenvalue weighted by atomic mass is 32.1. The Labute approximate surface area is 88.9 Å². The van der Waals surface area contributed by atoms with Gasteiger partial charge in [0.25, 0.3) is 0 Å². The predicted molar refractivity (Wildman–Crippen MR) is 58.7 cm³/mol. The van der Waals surface area contributed by atoms with Crippen LogP contribution in [0.25, 0.3) is 21.8 Å². The van der Waals surface area contributed by atoms with Crippen molar-refractivity contribution in [1.29, 1.82) is 0 Å². The van der Waals surface area contributed by atoms with Crippen LogP contribution in [0.2, 0.25) is 0 Å². The molecule has 74 valence electrons. The summed E-state index contributed by atoms with van der Waals surface area (Å²) < 4.78 is 13.6. The van der Waals surface area contributed by atoms with Crippen LogP contribution in [-0.4, -0.2) is 15.2 Å².